The van der Waals surface area contributed by atoms with Gasteiger partial charge in [0.05, 0.1) is 33.1 Å². The molecule has 3 rings (SSSR count). The van der Waals surface area contributed by atoms with E-state index in [1.165, 1.54) is 0 Å². The number of benzene rings is 2. The first-order valence-corrected chi connectivity index (χ1v) is 8.15. The predicted molar refractivity (Wildman–Crippen MR) is 95.3 cm³/mol. The second kappa shape index (κ2) is 7.90. The van der Waals surface area contributed by atoms with Crippen molar-refractivity contribution in [2.75, 3.05) is 39.2 Å². The van der Waals surface area contributed by atoms with Crippen LogP contribution in [-0.2, 0) is 4.74 Å². The molecule has 1 aliphatic heterocycles. The summed E-state index contributed by atoms with van der Waals surface area (Å²) in [6.45, 7) is 1.56. The highest BCUT2D eigenvalue weighted by molar-refractivity contribution is 5.91. The topological polar surface area (TPSA) is 60.0 Å². The molecule has 2 aromatic rings. The van der Waals surface area contributed by atoms with Gasteiger partial charge < -0.3 is 24.4 Å². The third kappa shape index (κ3) is 4.03. The van der Waals surface area contributed by atoms with Gasteiger partial charge in [-0.1, -0.05) is 30.3 Å². The largest absolute Gasteiger partial charge is 0.497 e. The Balaban J connectivity index is 1.69. The third-order valence-electron chi connectivity index (χ3n) is 4.18. The lowest BCUT2D eigenvalue weighted by Crippen LogP contribution is -2.44. The highest BCUT2D eigenvalue weighted by Gasteiger charge is 2.25. The van der Waals surface area contributed by atoms with Crippen molar-refractivity contribution in [3.05, 3.63) is 54.1 Å². The molecule has 1 saturated heterocycles. The molecule has 1 aliphatic rings. The standard InChI is InChI=1S/C19H22N2O4/c1-23-15-8-9-16(17(12-15)24-2)20-19(22)21-10-11-25-18(13-21)14-6-4-3-5-7-14/h3-9,12,18H,10-11,13H2,1-2H3,(H,20,22)/t18-/m0/s1. The molecule has 0 bridgehead atoms. The zero-order valence-corrected chi connectivity index (χ0v) is 14.4. The van der Waals surface area contributed by atoms with Gasteiger partial charge in [-0.2, -0.15) is 0 Å². The van der Waals surface area contributed by atoms with Gasteiger partial charge in [0.2, 0.25) is 0 Å². The lowest BCUT2D eigenvalue weighted by Gasteiger charge is -2.33. The number of anilines is 1. The van der Waals surface area contributed by atoms with E-state index in [-0.39, 0.29) is 12.1 Å². The summed E-state index contributed by atoms with van der Waals surface area (Å²) in [7, 11) is 3.15. The molecule has 0 unspecified atom stereocenters. The zero-order chi connectivity index (χ0) is 17.6. The van der Waals surface area contributed by atoms with E-state index in [2.05, 4.69) is 5.32 Å². The first kappa shape index (κ1) is 17.1. The van der Waals surface area contributed by atoms with E-state index in [0.29, 0.717) is 36.9 Å². The minimum Gasteiger partial charge on any atom is -0.497 e. The molecule has 2 amide bonds. The molecule has 0 aromatic heterocycles. The third-order valence-corrected chi connectivity index (χ3v) is 4.18. The van der Waals surface area contributed by atoms with Gasteiger partial charge in [-0.05, 0) is 17.7 Å². The molecule has 6 nitrogen and oxygen atoms in total. The van der Waals surface area contributed by atoms with Crippen LogP contribution in [-0.4, -0.2) is 44.8 Å². The maximum atomic E-state index is 12.6. The number of carbonyl (C=O) groups excluding carboxylic acids is 1. The van der Waals surface area contributed by atoms with Crippen molar-refractivity contribution >= 4 is 11.7 Å². The second-order valence-corrected chi connectivity index (χ2v) is 5.71. The van der Waals surface area contributed by atoms with Gasteiger partial charge in [0.25, 0.3) is 0 Å². The van der Waals surface area contributed by atoms with Gasteiger partial charge in [0.1, 0.15) is 17.6 Å². The minimum absolute atomic E-state index is 0.113. The number of urea groups is 1. The summed E-state index contributed by atoms with van der Waals surface area (Å²) in [6, 6.07) is 15.0. The van der Waals surface area contributed by atoms with Gasteiger partial charge in [-0.25, -0.2) is 4.79 Å². The van der Waals surface area contributed by atoms with E-state index in [1.807, 2.05) is 30.3 Å². The molecule has 1 heterocycles. The average Bonchev–Trinajstić information content (AvgIpc) is 2.69. The normalized spacial score (nSPS) is 17.0. The minimum atomic E-state index is -0.173. The Kier molecular flexibility index (Phi) is 5.40. The molecule has 0 spiro atoms. The molecule has 25 heavy (non-hydrogen) atoms. The van der Waals surface area contributed by atoms with Crippen LogP contribution < -0.4 is 14.8 Å². The summed E-state index contributed by atoms with van der Waals surface area (Å²) in [6.07, 6.45) is -0.113. The van der Waals surface area contributed by atoms with Crippen molar-refractivity contribution in [2.24, 2.45) is 0 Å². The quantitative estimate of drug-likeness (QED) is 0.926. The van der Waals surface area contributed by atoms with Crippen molar-refractivity contribution in [3.8, 4) is 11.5 Å². The Bertz CT molecular complexity index is 721. The first-order valence-electron chi connectivity index (χ1n) is 8.15. The van der Waals surface area contributed by atoms with Crippen LogP contribution >= 0.6 is 0 Å². The molecule has 1 atom stereocenters. The number of nitrogens with one attached hydrogen (secondary N) is 1. The second-order valence-electron chi connectivity index (χ2n) is 5.71. The molecular weight excluding hydrogens is 320 g/mol. The Morgan fingerprint density at radius 1 is 1.16 bits per heavy atom. The first-order chi connectivity index (χ1) is 12.2. The molecule has 0 radical (unpaired) electrons. The number of ether oxygens (including phenoxy) is 3. The average molecular weight is 342 g/mol. The van der Waals surface area contributed by atoms with E-state index in [1.54, 1.807) is 37.3 Å². The summed E-state index contributed by atoms with van der Waals surface area (Å²) in [5, 5.41) is 2.91. The smallest absolute Gasteiger partial charge is 0.322 e. The van der Waals surface area contributed by atoms with Crippen molar-refractivity contribution in [3.63, 3.8) is 0 Å². The summed E-state index contributed by atoms with van der Waals surface area (Å²) in [5.74, 6) is 1.23. The number of morpholine rings is 1. The van der Waals surface area contributed by atoms with Gasteiger partial charge in [0, 0.05) is 12.6 Å². The van der Waals surface area contributed by atoms with Crippen LogP contribution in [0.4, 0.5) is 10.5 Å². The van der Waals surface area contributed by atoms with Gasteiger partial charge >= 0.3 is 6.03 Å². The molecule has 1 fully saturated rings. The van der Waals surface area contributed by atoms with E-state index in [0.717, 1.165) is 5.56 Å². The molecule has 1 N–H and O–H groups in total. The van der Waals surface area contributed by atoms with Gasteiger partial charge in [0.15, 0.2) is 0 Å². The fraction of sp³-hybridized carbons (Fsp3) is 0.316. The summed E-state index contributed by atoms with van der Waals surface area (Å²) in [4.78, 5) is 14.4. The number of methoxy groups -OCH3 is 2. The number of rotatable bonds is 4. The van der Waals surface area contributed by atoms with Crippen LogP contribution in [0.2, 0.25) is 0 Å². The van der Waals surface area contributed by atoms with Gasteiger partial charge in [-0.15, -0.1) is 0 Å². The molecule has 6 heteroatoms. The monoisotopic (exact) mass is 342 g/mol. The SMILES string of the molecule is COc1ccc(NC(=O)N2CCO[C@H](c3ccccc3)C2)c(OC)c1. The van der Waals surface area contributed by atoms with Crippen molar-refractivity contribution in [1.82, 2.24) is 4.90 Å². The number of hydrogen-bond acceptors (Lipinski definition) is 4. The van der Waals surface area contributed by atoms with Gasteiger partial charge in [-0.3, -0.25) is 0 Å². The van der Waals surface area contributed by atoms with Crippen molar-refractivity contribution in [1.29, 1.82) is 0 Å². The van der Waals surface area contributed by atoms with Crippen molar-refractivity contribution in [2.45, 2.75) is 6.10 Å². The van der Waals surface area contributed by atoms with Crippen LogP contribution in [0.1, 0.15) is 11.7 Å². The lowest BCUT2D eigenvalue weighted by molar-refractivity contribution is -0.0135. The predicted octanol–water partition coefficient (Wildman–Crippen LogP) is 3.31. The maximum absolute atomic E-state index is 12.6. The number of amides is 2. The summed E-state index contributed by atoms with van der Waals surface area (Å²) in [5.41, 5.74) is 1.68. The number of carbonyl (C=O) groups is 1. The highest BCUT2D eigenvalue weighted by Crippen LogP contribution is 2.30. The van der Waals surface area contributed by atoms with Crippen LogP contribution in [0.25, 0.3) is 0 Å². The van der Waals surface area contributed by atoms with E-state index >= 15 is 0 Å². The van der Waals surface area contributed by atoms with E-state index in [9.17, 15) is 4.79 Å². The summed E-state index contributed by atoms with van der Waals surface area (Å²) >= 11 is 0. The Hall–Kier alpha value is -2.73. The molecular formula is C19H22N2O4. The number of nitrogens with zero attached hydrogens (tertiary/aromatic N) is 1. The summed E-state index contributed by atoms with van der Waals surface area (Å²) < 4.78 is 16.3. The number of hydrogen-bond donors (Lipinski definition) is 1. The Morgan fingerprint density at radius 3 is 2.68 bits per heavy atom. The molecule has 0 aliphatic carbocycles. The fourth-order valence-corrected chi connectivity index (χ4v) is 2.80. The van der Waals surface area contributed by atoms with Crippen LogP contribution in [0.3, 0.4) is 0 Å². The Labute approximate surface area is 147 Å². The van der Waals surface area contributed by atoms with Crippen molar-refractivity contribution < 1.29 is 19.0 Å². The lowest BCUT2D eigenvalue weighted by atomic mass is 10.1. The van der Waals surface area contributed by atoms with Crippen LogP contribution in [0.15, 0.2) is 48.5 Å². The molecule has 0 saturated carbocycles. The Morgan fingerprint density at radius 2 is 1.96 bits per heavy atom. The fourth-order valence-electron chi connectivity index (χ4n) is 2.80. The maximum Gasteiger partial charge on any atom is 0.322 e. The van der Waals surface area contributed by atoms with Crippen LogP contribution in [0.5, 0.6) is 11.5 Å². The molecule has 2 aromatic carbocycles. The highest BCUT2D eigenvalue weighted by atomic mass is 16.5. The van der Waals surface area contributed by atoms with Crippen LogP contribution in [0, 0.1) is 0 Å². The van der Waals surface area contributed by atoms with E-state index in [4.69, 9.17) is 14.2 Å². The molecule has 132 valence electrons. The van der Waals surface area contributed by atoms with E-state index < -0.39 is 0 Å². The zero-order valence-electron chi connectivity index (χ0n) is 14.4.